The highest BCUT2D eigenvalue weighted by Crippen LogP contribution is 2.35. The molecule has 0 bridgehead atoms. The molecule has 3 aromatic heterocycles. The van der Waals surface area contributed by atoms with Crippen LogP contribution in [0.2, 0.25) is 0 Å². The lowest BCUT2D eigenvalue weighted by Gasteiger charge is -2.12. The van der Waals surface area contributed by atoms with Crippen molar-refractivity contribution in [2.75, 3.05) is 11.9 Å². The molecule has 4 heterocycles. The van der Waals surface area contributed by atoms with E-state index >= 15 is 0 Å². The van der Waals surface area contributed by atoms with Crippen molar-refractivity contribution in [1.29, 1.82) is 0 Å². The number of nitrogens with zero attached hydrogens (tertiary/aromatic N) is 4. The van der Waals surface area contributed by atoms with Crippen LogP contribution in [-0.2, 0) is 17.6 Å². The summed E-state index contributed by atoms with van der Waals surface area (Å²) >= 11 is 0. The van der Waals surface area contributed by atoms with Gasteiger partial charge < -0.3 is 15.2 Å². The highest BCUT2D eigenvalue weighted by atomic mass is 16.5. The number of ether oxygens (including phenoxy) is 1. The summed E-state index contributed by atoms with van der Waals surface area (Å²) in [5.41, 5.74) is 6.81. The standard InChI is InChI=1S/C30H25N5O3/c1-19-15-23(22-6-4-20(5-7-22)17-27(36)37)8-9-26(19)38-14-10-21-16-24-28(33-18-21)34-29-25(3-2-11-31-29)35-13-12-32-30(24)35/h2-9,11-13,15-16,18H,10,14,17H2,1H3,(H,36,37)(H,31,33,34). The molecule has 0 aliphatic carbocycles. The van der Waals surface area contributed by atoms with Crippen LogP contribution in [0, 0.1) is 6.92 Å². The van der Waals surface area contributed by atoms with E-state index in [0.29, 0.717) is 13.0 Å². The zero-order chi connectivity index (χ0) is 26.1. The predicted octanol–water partition coefficient (Wildman–Crippen LogP) is 5.61. The number of benzene rings is 2. The Morgan fingerprint density at radius 1 is 0.947 bits per heavy atom. The van der Waals surface area contributed by atoms with Crippen LogP contribution in [0.4, 0.5) is 11.6 Å². The number of hydrogen-bond acceptors (Lipinski definition) is 6. The molecule has 0 spiro atoms. The van der Waals surface area contributed by atoms with Crippen LogP contribution in [0.3, 0.4) is 0 Å². The van der Waals surface area contributed by atoms with Crippen molar-refractivity contribution in [2.24, 2.45) is 0 Å². The van der Waals surface area contributed by atoms with Crippen molar-refractivity contribution in [3.05, 3.63) is 102 Å². The zero-order valence-electron chi connectivity index (χ0n) is 20.8. The number of aliphatic carboxylic acids is 1. The van der Waals surface area contributed by atoms with Gasteiger partial charge in [0.2, 0.25) is 0 Å². The minimum Gasteiger partial charge on any atom is -0.493 e. The monoisotopic (exact) mass is 503 g/mol. The average Bonchev–Trinajstić information content (AvgIpc) is 3.36. The fourth-order valence-electron chi connectivity index (χ4n) is 4.67. The van der Waals surface area contributed by atoms with E-state index in [2.05, 4.69) is 32.4 Å². The van der Waals surface area contributed by atoms with Crippen molar-refractivity contribution in [3.8, 4) is 34.0 Å². The highest BCUT2D eigenvalue weighted by molar-refractivity contribution is 5.81. The van der Waals surface area contributed by atoms with Crippen molar-refractivity contribution in [1.82, 2.24) is 19.5 Å². The number of hydrogen-bond donors (Lipinski definition) is 2. The summed E-state index contributed by atoms with van der Waals surface area (Å²) in [6.45, 7) is 2.53. The summed E-state index contributed by atoms with van der Waals surface area (Å²) in [5, 5.41) is 12.3. The Labute approximate surface area is 219 Å². The zero-order valence-corrected chi connectivity index (χ0v) is 20.8. The number of aryl methyl sites for hydroxylation is 1. The van der Waals surface area contributed by atoms with Crippen molar-refractivity contribution < 1.29 is 14.6 Å². The van der Waals surface area contributed by atoms with Crippen molar-refractivity contribution in [2.45, 2.75) is 19.8 Å². The van der Waals surface area contributed by atoms with Gasteiger partial charge in [-0.25, -0.2) is 15.0 Å². The van der Waals surface area contributed by atoms with Crippen molar-refractivity contribution in [3.63, 3.8) is 0 Å². The van der Waals surface area contributed by atoms with E-state index in [9.17, 15) is 4.79 Å². The molecule has 1 aliphatic rings. The van der Waals surface area contributed by atoms with Crippen LogP contribution in [-0.4, -0.2) is 37.2 Å². The van der Waals surface area contributed by atoms with Crippen molar-refractivity contribution >= 4 is 17.6 Å². The second-order valence-electron chi connectivity index (χ2n) is 9.20. The maximum absolute atomic E-state index is 10.9. The Balaban J connectivity index is 1.15. The first-order valence-electron chi connectivity index (χ1n) is 12.3. The Morgan fingerprint density at radius 2 is 1.79 bits per heavy atom. The molecule has 0 fully saturated rings. The number of carboxylic acid groups (broad SMARTS) is 1. The third-order valence-corrected chi connectivity index (χ3v) is 6.57. The van der Waals surface area contributed by atoms with E-state index in [1.807, 2.05) is 72.4 Å². The molecule has 0 amide bonds. The molecule has 1 aliphatic heterocycles. The van der Waals surface area contributed by atoms with Crippen LogP contribution < -0.4 is 10.1 Å². The van der Waals surface area contributed by atoms with Crippen LogP contribution in [0.1, 0.15) is 16.7 Å². The largest absolute Gasteiger partial charge is 0.493 e. The van der Waals surface area contributed by atoms with E-state index in [-0.39, 0.29) is 6.42 Å². The Kier molecular flexibility index (Phi) is 6.05. The highest BCUT2D eigenvalue weighted by Gasteiger charge is 2.21. The number of fused-ring (bicyclic) bond motifs is 5. The van der Waals surface area contributed by atoms with Gasteiger partial charge in [0.1, 0.15) is 17.4 Å². The first kappa shape index (κ1) is 23.4. The normalized spacial score (nSPS) is 11.5. The third-order valence-electron chi connectivity index (χ3n) is 6.57. The summed E-state index contributed by atoms with van der Waals surface area (Å²) < 4.78 is 8.15. The molecule has 188 valence electrons. The molecule has 2 N–H and O–H groups in total. The maximum Gasteiger partial charge on any atom is 0.307 e. The van der Waals surface area contributed by atoms with Gasteiger partial charge in [0.15, 0.2) is 5.82 Å². The van der Waals surface area contributed by atoms with Crippen LogP contribution in [0.5, 0.6) is 5.75 Å². The Morgan fingerprint density at radius 3 is 2.61 bits per heavy atom. The molecule has 2 aromatic carbocycles. The molecule has 0 radical (unpaired) electrons. The van der Waals surface area contributed by atoms with Gasteiger partial charge in [-0.15, -0.1) is 0 Å². The van der Waals surface area contributed by atoms with Gasteiger partial charge in [-0.1, -0.05) is 30.3 Å². The number of carboxylic acids is 1. The van der Waals surface area contributed by atoms with Gasteiger partial charge in [0.25, 0.3) is 0 Å². The molecular formula is C30H25N5O3. The molecule has 38 heavy (non-hydrogen) atoms. The minimum absolute atomic E-state index is 0.0243. The molecule has 8 nitrogen and oxygen atoms in total. The number of rotatable bonds is 7. The van der Waals surface area contributed by atoms with Gasteiger partial charge in [-0.3, -0.25) is 9.36 Å². The summed E-state index contributed by atoms with van der Waals surface area (Å²) in [4.78, 5) is 24.6. The second-order valence-corrected chi connectivity index (χ2v) is 9.20. The number of anilines is 2. The van der Waals surface area contributed by atoms with Crippen LogP contribution >= 0.6 is 0 Å². The Bertz CT molecular complexity index is 1640. The van der Waals surface area contributed by atoms with E-state index in [1.54, 1.807) is 12.4 Å². The van der Waals surface area contributed by atoms with Crippen LogP contribution in [0.15, 0.2) is 85.5 Å². The summed E-state index contributed by atoms with van der Waals surface area (Å²) in [7, 11) is 0. The summed E-state index contributed by atoms with van der Waals surface area (Å²) in [6.07, 6.45) is 8.05. The summed E-state index contributed by atoms with van der Waals surface area (Å²) in [6, 6.07) is 19.7. The molecule has 0 saturated carbocycles. The first-order valence-corrected chi connectivity index (χ1v) is 12.3. The molecule has 0 saturated heterocycles. The van der Waals surface area contributed by atoms with Gasteiger partial charge >= 0.3 is 5.97 Å². The summed E-state index contributed by atoms with van der Waals surface area (Å²) in [5.74, 6) is 2.28. The lowest BCUT2D eigenvalue weighted by Crippen LogP contribution is -2.04. The average molecular weight is 504 g/mol. The molecule has 6 rings (SSSR count). The number of aromatic nitrogens is 4. The fourth-order valence-corrected chi connectivity index (χ4v) is 4.67. The second kappa shape index (κ2) is 9.82. The topological polar surface area (TPSA) is 102 Å². The van der Waals surface area contributed by atoms with Crippen LogP contribution in [0.25, 0.3) is 28.2 Å². The third kappa shape index (κ3) is 4.59. The fraction of sp³-hybridized carbons (Fsp3) is 0.133. The predicted molar refractivity (Wildman–Crippen MR) is 145 cm³/mol. The smallest absolute Gasteiger partial charge is 0.307 e. The molecule has 8 heteroatoms. The lowest BCUT2D eigenvalue weighted by atomic mass is 10.0. The van der Waals surface area contributed by atoms with E-state index in [0.717, 1.165) is 62.3 Å². The lowest BCUT2D eigenvalue weighted by molar-refractivity contribution is -0.136. The van der Waals surface area contributed by atoms with Gasteiger partial charge in [0, 0.05) is 31.2 Å². The number of carbonyl (C=O) groups is 1. The quantitative estimate of drug-likeness (QED) is 0.292. The molecule has 0 atom stereocenters. The van der Waals surface area contributed by atoms with Gasteiger partial charge in [-0.05, 0) is 65.1 Å². The molecule has 0 unspecified atom stereocenters. The number of pyridine rings is 2. The number of imidazole rings is 1. The van der Waals surface area contributed by atoms with Gasteiger partial charge in [0.05, 0.1) is 24.3 Å². The van der Waals surface area contributed by atoms with E-state index in [4.69, 9.17) is 9.84 Å². The van der Waals surface area contributed by atoms with Gasteiger partial charge in [-0.2, -0.15) is 0 Å². The first-order chi connectivity index (χ1) is 18.5. The van der Waals surface area contributed by atoms with E-state index in [1.165, 1.54) is 0 Å². The number of nitrogens with one attached hydrogen (secondary N) is 1. The maximum atomic E-state index is 10.9. The SMILES string of the molecule is Cc1cc(-c2ccc(CC(=O)O)cc2)ccc1OCCc1cnc2c(c1)-c1nccn1-c1cccnc1N2. The Hall–Kier alpha value is -4.98. The molecular weight excluding hydrogens is 478 g/mol. The van der Waals surface area contributed by atoms with E-state index < -0.39 is 5.97 Å². The minimum atomic E-state index is -0.831. The molecule has 5 aromatic rings.